The standard InChI is InChI=1S/C17H23N5O4S/c1-11-17(12(2)20(4)19-11)15-6-5-9-21(15)14-8-7-13(27(25,26)18-3)10-16(14)22(23)24/h7-8,10,15,18H,5-6,9H2,1-4H3. The molecule has 1 unspecified atom stereocenters. The van der Waals surface area contributed by atoms with Gasteiger partial charge < -0.3 is 4.90 Å². The summed E-state index contributed by atoms with van der Waals surface area (Å²) in [5.74, 6) is 0. The smallest absolute Gasteiger partial charge is 0.293 e. The van der Waals surface area contributed by atoms with E-state index in [2.05, 4.69) is 9.82 Å². The molecule has 10 heteroatoms. The van der Waals surface area contributed by atoms with E-state index in [9.17, 15) is 18.5 Å². The molecule has 0 aliphatic carbocycles. The van der Waals surface area contributed by atoms with E-state index in [0.717, 1.165) is 35.9 Å². The van der Waals surface area contributed by atoms with Crippen LogP contribution in [0.2, 0.25) is 0 Å². The first-order chi connectivity index (χ1) is 12.7. The maximum atomic E-state index is 12.0. The van der Waals surface area contributed by atoms with Gasteiger partial charge in [0.05, 0.1) is 21.6 Å². The normalized spacial score (nSPS) is 17.5. The molecule has 0 spiro atoms. The van der Waals surface area contributed by atoms with E-state index < -0.39 is 14.9 Å². The number of aryl methyl sites for hydroxylation is 2. The van der Waals surface area contributed by atoms with E-state index in [1.54, 1.807) is 0 Å². The summed E-state index contributed by atoms with van der Waals surface area (Å²) in [6.45, 7) is 4.59. The zero-order chi connectivity index (χ0) is 19.9. The van der Waals surface area contributed by atoms with Crippen LogP contribution in [0.5, 0.6) is 0 Å². The SMILES string of the molecule is CNS(=O)(=O)c1ccc(N2CCCC2c2c(C)nn(C)c2C)c([N+](=O)[O-])c1. The van der Waals surface area contributed by atoms with Crippen LogP contribution in [-0.2, 0) is 17.1 Å². The molecule has 0 saturated carbocycles. The highest BCUT2D eigenvalue weighted by molar-refractivity contribution is 7.89. The molecule has 0 amide bonds. The number of anilines is 1. The molecular formula is C17H23N5O4S. The summed E-state index contributed by atoms with van der Waals surface area (Å²) >= 11 is 0. The minimum absolute atomic E-state index is 0.0239. The molecule has 1 saturated heterocycles. The van der Waals surface area contributed by atoms with Gasteiger partial charge in [-0.1, -0.05) is 0 Å². The van der Waals surface area contributed by atoms with Crippen LogP contribution in [0.15, 0.2) is 23.1 Å². The highest BCUT2D eigenvalue weighted by atomic mass is 32.2. The van der Waals surface area contributed by atoms with Crippen molar-refractivity contribution < 1.29 is 13.3 Å². The van der Waals surface area contributed by atoms with Gasteiger partial charge in [-0.05, 0) is 45.9 Å². The predicted molar refractivity (Wildman–Crippen MR) is 101 cm³/mol. The third kappa shape index (κ3) is 3.30. The Morgan fingerprint density at radius 3 is 2.59 bits per heavy atom. The van der Waals surface area contributed by atoms with Gasteiger partial charge in [-0.25, -0.2) is 13.1 Å². The first-order valence-corrected chi connectivity index (χ1v) is 10.1. The van der Waals surface area contributed by atoms with E-state index in [1.165, 1.54) is 19.2 Å². The molecule has 1 atom stereocenters. The fourth-order valence-electron chi connectivity index (χ4n) is 3.80. The topological polar surface area (TPSA) is 110 Å². The lowest BCUT2D eigenvalue weighted by Crippen LogP contribution is -2.25. The average molecular weight is 393 g/mol. The van der Waals surface area contributed by atoms with Crippen LogP contribution in [0.25, 0.3) is 0 Å². The summed E-state index contributed by atoms with van der Waals surface area (Å²) in [5.41, 5.74) is 3.24. The molecule has 1 aromatic carbocycles. The van der Waals surface area contributed by atoms with Crippen molar-refractivity contribution in [2.75, 3.05) is 18.5 Å². The summed E-state index contributed by atoms with van der Waals surface area (Å²) in [6.07, 6.45) is 1.76. The van der Waals surface area contributed by atoms with E-state index in [1.807, 2.05) is 30.5 Å². The Hall–Kier alpha value is -2.46. The zero-order valence-corrected chi connectivity index (χ0v) is 16.6. The summed E-state index contributed by atoms with van der Waals surface area (Å²) in [4.78, 5) is 13.0. The second-order valence-corrected chi connectivity index (χ2v) is 8.56. The lowest BCUT2D eigenvalue weighted by molar-refractivity contribution is -0.384. The minimum atomic E-state index is -3.76. The van der Waals surface area contributed by atoms with Crippen LogP contribution in [0.3, 0.4) is 0 Å². The van der Waals surface area contributed by atoms with Crippen LogP contribution in [0.4, 0.5) is 11.4 Å². The lowest BCUT2D eigenvalue weighted by Gasteiger charge is -2.27. The van der Waals surface area contributed by atoms with Crippen LogP contribution in [-0.4, -0.2) is 36.7 Å². The molecule has 2 heterocycles. The Labute approximate surface area is 158 Å². The van der Waals surface area contributed by atoms with Gasteiger partial charge in [-0.3, -0.25) is 14.8 Å². The van der Waals surface area contributed by atoms with Crippen LogP contribution >= 0.6 is 0 Å². The molecular weight excluding hydrogens is 370 g/mol. The number of benzene rings is 1. The van der Waals surface area contributed by atoms with E-state index in [-0.39, 0.29) is 16.6 Å². The summed E-state index contributed by atoms with van der Waals surface area (Å²) in [6, 6.07) is 4.04. The molecule has 0 bridgehead atoms. The molecule has 1 fully saturated rings. The van der Waals surface area contributed by atoms with Crippen molar-refractivity contribution >= 4 is 21.4 Å². The van der Waals surface area contributed by atoms with Crippen molar-refractivity contribution in [2.45, 2.75) is 37.6 Å². The number of nitrogens with one attached hydrogen (secondary N) is 1. The minimum Gasteiger partial charge on any atom is -0.359 e. The summed E-state index contributed by atoms with van der Waals surface area (Å²) in [5, 5.41) is 16.1. The van der Waals surface area contributed by atoms with Gasteiger partial charge in [0.1, 0.15) is 5.69 Å². The monoisotopic (exact) mass is 393 g/mol. The predicted octanol–water partition coefficient (Wildman–Crippen LogP) is 2.19. The fourth-order valence-corrected chi connectivity index (χ4v) is 4.55. The van der Waals surface area contributed by atoms with Crippen molar-refractivity contribution in [3.8, 4) is 0 Å². The molecule has 9 nitrogen and oxygen atoms in total. The van der Waals surface area contributed by atoms with E-state index >= 15 is 0 Å². The molecule has 1 N–H and O–H groups in total. The van der Waals surface area contributed by atoms with Crippen LogP contribution in [0, 0.1) is 24.0 Å². The Kier molecular flexibility index (Phi) is 4.96. The van der Waals surface area contributed by atoms with Gasteiger partial charge in [0.15, 0.2) is 0 Å². The maximum Gasteiger partial charge on any atom is 0.293 e. The second-order valence-electron chi connectivity index (χ2n) is 6.67. The highest BCUT2D eigenvalue weighted by Crippen LogP contribution is 2.42. The molecule has 1 aliphatic rings. The fraction of sp³-hybridized carbons (Fsp3) is 0.471. The molecule has 27 heavy (non-hydrogen) atoms. The Bertz CT molecular complexity index is 999. The van der Waals surface area contributed by atoms with E-state index in [4.69, 9.17) is 0 Å². The van der Waals surface area contributed by atoms with Gasteiger partial charge >= 0.3 is 0 Å². The Morgan fingerprint density at radius 1 is 1.33 bits per heavy atom. The number of aromatic nitrogens is 2. The third-order valence-electron chi connectivity index (χ3n) is 5.18. The van der Waals surface area contributed by atoms with Gasteiger partial charge in [-0.2, -0.15) is 5.10 Å². The van der Waals surface area contributed by atoms with Gasteiger partial charge in [0.2, 0.25) is 10.0 Å². The number of nitro groups is 1. The molecule has 0 radical (unpaired) electrons. The van der Waals surface area contributed by atoms with E-state index in [0.29, 0.717) is 12.2 Å². The van der Waals surface area contributed by atoms with Crippen LogP contribution in [0.1, 0.15) is 35.8 Å². The number of rotatable bonds is 5. The number of hydrogen-bond acceptors (Lipinski definition) is 6. The number of sulfonamides is 1. The van der Waals surface area contributed by atoms with Crippen molar-refractivity contribution in [3.05, 3.63) is 45.3 Å². The molecule has 1 aromatic heterocycles. The van der Waals surface area contributed by atoms with Gasteiger partial charge in [-0.15, -0.1) is 0 Å². The largest absolute Gasteiger partial charge is 0.359 e. The zero-order valence-electron chi connectivity index (χ0n) is 15.8. The highest BCUT2D eigenvalue weighted by Gasteiger charge is 2.34. The Morgan fingerprint density at radius 2 is 2.04 bits per heavy atom. The quantitative estimate of drug-likeness (QED) is 0.616. The van der Waals surface area contributed by atoms with Crippen molar-refractivity contribution in [2.24, 2.45) is 7.05 Å². The molecule has 146 valence electrons. The first kappa shape index (κ1) is 19.3. The van der Waals surface area contributed by atoms with Crippen molar-refractivity contribution in [1.29, 1.82) is 0 Å². The van der Waals surface area contributed by atoms with Crippen LogP contribution < -0.4 is 9.62 Å². The van der Waals surface area contributed by atoms with Crippen molar-refractivity contribution in [3.63, 3.8) is 0 Å². The first-order valence-electron chi connectivity index (χ1n) is 8.66. The molecule has 3 rings (SSSR count). The van der Waals surface area contributed by atoms with Crippen molar-refractivity contribution in [1.82, 2.24) is 14.5 Å². The Balaban J connectivity index is 2.10. The summed E-state index contributed by atoms with van der Waals surface area (Å²) in [7, 11) is -0.599. The molecule has 2 aromatic rings. The number of nitro benzene ring substituents is 1. The molecule has 1 aliphatic heterocycles. The summed E-state index contributed by atoms with van der Waals surface area (Å²) < 4.78 is 28.1. The lowest BCUT2D eigenvalue weighted by atomic mass is 10.0. The second kappa shape index (κ2) is 6.93. The number of hydrogen-bond donors (Lipinski definition) is 1. The van der Waals surface area contributed by atoms with Gasteiger partial charge in [0, 0.05) is 30.9 Å². The average Bonchev–Trinajstić information content (AvgIpc) is 3.18. The van der Waals surface area contributed by atoms with Gasteiger partial charge in [0.25, 0.3) is 5.69 Å². The number of nitrogens with zero attached hydrogens (tertiary/aromatic N) is 4. The maximum absolute atomic E-state index is 12.0. The third-order valence-corrected chi connectivity index (χ3v) is 6.60.